The van der Waals surface area contributed by atoms with Gasteiger partial charge in [-0.3, -0.25) is 9.59 Å². The van der Waals surface area contributed by atoms with Crippen LogP contribution in [-0.2, 0) is 9.59 Å². The van der Waals surface area contributed by atoms with Crippen LogP contribution in [0.4, 0.5) is 0 Å². The summed E-state index contributed by atoms with van der Waals surface area (Å²) in [5.41, 5.74) is 0. The molecule has 1 rings (SSSR count). The molecule has 4 heteroatoms. The lowest BCUT2D eigenvalue weighted by molar-refractivity contribution is -0.143. The van der Waals surface area contributed by atoms with Crippen LogP contribution in [0.3, 0.4) is 0 Å². The number of carbonyl (C=O) groups is 2. The van der Waals surface area contributed by atoms with Crippen molar-refractivity contribution in [1.29, 1.82) is 0 Å². The molecule has 0 aromatic heterocycles. The Labute approximate surface area is 109 Å². The highest BCUT2D eigenvalue weighted by atomic mass is 16.4. The zero-order chi connectivity index (χ0) is 13.4. The molecule has 0 radical (unpaired) electrons. The van der Waals surface area contributed by atoms with Gasteiger partial charge < -0.3 is 10.4 Å². The van der Waals surface area contributed by atoms with Crippen LogP contribution in [0.15, 0.2) is 0 Å². The highest BCUT2D eigenvalue weighted by molar-refractivity contribution is 5.78. The Balaban J connectivity index is 2.44. The van der Waals surface area contributed by atoms with E-state index in [1.807, 2.05) is 0 Å². The first-order valence-corrected chi connectivity index (χ1v) is 7.17. The second kappa shape index (κ2) is 8.11. The molecule has 1 amide bonds. The predicted octanol–water partition coefficient (Wildman–Crippen LogP) is 2.72. The summed E-state index contributed by atoms with van der Waals surface area (Å²) >= 11 is 0. The first kappa shape index (κ1) is 15.0. The summed E-state index contributed by atoms with van der Waals surface area (Å²) in [5, 5.41) is 12.1. The van der Waals surface area contributed by atoms with Crippen molar-refractivity contribution in [3.63, 3.8) is 0 Å². The molecule has 0 aliphatic heterocycles. The third kappa shape index (κ3) is 5.07. The van der Waals surface area contributed by atoms with E-state index in [2.05, 4.69) is 12.2 Å². The second-order valence-corrected chi connectivity index (χ2v) is 5.21. The molecule has 2 N–H and O–H groups in total. The molecule has 0 heterocycles. The fourth-order valence-electron chi connectivity index (χ4n) is 2.59. The molecule has 1 fully saturated rings. The summed E-state index contributed by atoms with van der Waals surface area (Å²) in [6.45, 7) is 2.10. The summed E-state index contributed by atoms with van der Waals surface area (Å²) in [6, 6.07) is -0.167. The first-order valence-electron chi connectivity index (χ1n) is 7.17. The number of nitrogens with one attached hydrogen (secondary N) is 1. The highest BCUT2D eigenvalue weighted by Crippen LogP contribution is 2.24. The molecule has 1 saturated carbocycles. The zero-order valence-corrected chi connectivity index (χ0v) is 11.3. The molecule has 0 spiro atoms. The minimum atomic E-state index is -0.768. The summed E-state index contributed by atoms with van der Waals surface area (Å²) in [5.74, 6) is -1.15. The number of aliphatic carboxylic acids is 1. The monoisotopic (exact) mass is 255 g/mol. The average Bonchev–Trinajstić information content (AvgIpc) is 2.55. The van der Waals surface area contributed by atoms with Crippen molar-refractivity contribution >= 4 is 11.9 Å². The third-order valence-electron chi connectivity index (χ3n) is 3.69. The minimum Gasteiger partial charge on any atom is -0.481 e. The molecule has 0 aromatic rings. The number of hydrogen-bond donors (Lipinski definition) is 2. The fraction of sp³-hybridized carbons (Fsp3) is 0.857. The number of unbranched alkanes of at least 4 members (excludes halogenated alkanes) is 2. The molecular formula is C14H25NO3. The summed E-state index contributed by atoms with van der Waals surface area (Å²) in [7, 11) is 0. The van der Waals surface area contributed by atoms with Gasteiger partial charge in [-0.15, -0.1) is 0 Å². The average molecular weight is 255 g/mol. The van der Waals surface area contributed by atoms with Crippen LogP contribution < -0.4 is 5.32 Å². The van der Waals surface area contributed by atoms with Crippen LogP contribution in [0.1, 0.15) is 64.7 Å². The van der Waals surface area contributed by atoms with Crippen LogP contribution in [0.2, 0.25) is 0 Å². The largest absolute Gasteiger partial charge is 0.481 e. The van der Waals surface area contributed by atoms with Crippen molar-refractivity contribution in [2.45, 2.75) is 70.8 Å². The normalized spacial score (nSPS) is 24.3. The van der Waals surface area contributed by atoms with Gasteiger partial charge in [-0.25, -0.2) is 0 Å². The maximum absolute atomic E-state index is 11.8. The van der Waals surface area contributed by atoms with E-state index in [0.717, 1.165) is 44.9 Å². The summed E-state index contributed by atoms with van der Waals surface area (Å²) < 4.78 is 0. The number of carbonyl (C=O) groups excluding carboxylic acids is 1. The molecule has 18 heavy (non-hydrogen) atoms. The van der Waals surface area contributed by atoms with Crippen molar-refractivity contribution in [3.8, 4) is 0 Å². The van der Waals surface area contributed by atoms with E-state index in [1.165, 1.54) is 0 Å². The summed E-state index contributed by atoms with van der Waals surface area (Å²) in [6.07, 6.45) is 8.11. The van der Waals surface area contributed by atoms with Crippen LogP contribution >= 0.6 is 0 Å². The molecular weight excluding hydrogens is 230 g/mol. The van der Waals surface area contributed by atoms with E-state index >= 15 is 0 Å². The molecule has 0 aromatic carbocycles. The van der Waals surface area contributed by atoms with Gasteiger partial charge in [0.15, 0.2) is 0 Å². The van der Waals surface area contributed by atoms with Crippen LogP contribution in [0.5, 0.6) is 0 Å². The molecule has 0 saturated heterocycles. The van der Waals surface area contributed by atoms with E-state index in [9.17, 15) is 14.7 Å². The molecule has 1 aliphatic rings. The lowest BCUT2D eigenvalue weighted by Crippen LogP contribution is -2.42. The van der Waals surface area contributed by atoms with Gasteiger partial charge in [-0.05, 0) is 19.3 Å². The number of carboxylic acids is 1. The lowest BCUT2D eigenvalue weighted by Gasteiger charge is -2.22. The Hall–Kier alpha value is -1.06. The van der Waals surface area contributed by atoms with E-state index < -0.39 is 11.9 Å². The molecule has 2 atom stereocenters. The molecule has 0 unspecified atom stereocenters. The van der Waals surface area contributed by atoms with Crippen LogP contribution in [-0.4, -0.2) is 23.0 Å². The summed E-state index contributed by atoms with van der Waals surface area (Å²) in [4.78, 5) is 23.0. The Morgan fingerprint density at radius 2 is 1.89 bits per heavy atom. The van der Waals surface area contributed by atoms with Gasteiger partial charge in [0.05, 0.1) is 5.92 Å². The van der Waals surface area contributed by atoms with Gasteiger partial charge in [0.1, 0.15) is 0 Å². The van der Waals surface area contributed by atoms with Crippen molar-refractivity contribution in [2.75, 3.05) is 0 Å². The number of hydrogen-bond acceptors (Lipinski definition) is 2. The molecule has 104 valence electrons. The molecule has 0 bridgehead atoms. The van der Waals surface area contributed by atoms with Crippen LogP contribution in [0.25, 0.3) is 0 Å². The van der Waals surface area contributed by atoms with Crippen molar-refractivity contribution in [2.24, 2.45) is 5.92 Å². The van der Waals surface area contributed by atoms with Gasteiger partial charge >= 0.3 is 5.97 Å². The maximum Gasteiger partial charge on any atom is 0.308 e. The van der Waals surface area contributed by atoms with E-state index in [1.54, 1.807) is 0 Å². The smallest absolute Gasteiger partial charge is 0.308 e. The lowest BCUT2D eigenvalue weighted by atomic mass is 9.94. The van der Waals surface area contributed by atoms with Gasteiger partial charge in [0, 0.05) is 12.5 Å². The fourth-order valence-corrected chi connectivity index (χ4v) is 2.59. The third-order valence-corrected chi connectivity index (χ3v) is 3.69. The van der Waals surface area contributed by atoms with Crippen LogP contribution in [0, 0.1) is 5.92 Å². The number of carboxylic acid groups (broad SMARTS) is 1. The Morgan fingerprint density at radius 3 is 2.56 bits per heavy atom. The minimum absolute atomic E-state index is 0.0154. The molecule has 1 aliphatic carbocycles. The molecule has 4 nitrogen and oxygen atoms in total. The van der Waals surface area contributed by atoms with E-state index in [-0.39, 0.29) is 11.9 Å². The Kier molecular flexibility index (Phi) is 6.76. The van der Waals surface area contributed by atoms with Gasteiger partial charge in [0.25, 0.3) is 0 Å². The zero-order valence-electron chi connectivity index (χ0n) is 11.3. The predicted molar refractivity (Wildman–Crippen MR) is 70.3 cm³/mol. The quantitative estimate of drug-likeness (QED) is 0.566. The Bertz CT molecular complexity index is 278. The standard InChI is InChI=1S/C14H25NO3/c1-2-3-5-10-13(16)15-12-9-7-4-6-8-11(12)14(17)18/h11-12H,2-10H2,1H3,(H,15,16)(H,17,18)/t11-,12+/m1/s1. The Morgan fingerprint density at radius 1 is 1.17 bits per heavy atom. The first-order chi connectivity index (χ1) is 8.65. The second-order valence-electron chi connectivity index (χ2n) is 5.21. The van der Waals surface area contributed by atoms with Crippen molar-refractivity contribution in [3.05, 3.63) is 0 Å². The van der Waals surface area contributed by atoms with Gasteiger partial charge in [0.2, 0.25) is 5.91 Å². The maximum atomic E-state index is 11.8. The van der Waals surface area contributed by atoms with Crippen molar-refractivity contribution < 1.29 is 14.7 Å². The number of rotatable bonds is 6. The SMILES string of the molecule is CCCCCC(=O)N[C@H]1CCCCC[C@H]1C(=O)O. The highest BCUT2D eigenvalue weighted by Gasteiger charge is 2.30. The van der Waals surface area contributed by atoms with Crippen molar-refractivity contribution in [1.82, 2.24) is 5.32 Å². The van der Waals surface area contributed by atoms with E-state index in [4.69, 9.17) is 0 Å². The van der Waals surface area contributed by atoms with Gasteiger partial charge in [-0.2, -0.15) is 0 Å². The van der Waals surface area contributed by atoms with Gasteiger partial charge in [-0.1, -0.05) is 39.0 Å². The van der Waals surface area contributed by atoms with E-state index in [0.29, 0.717) is 12.8 Å². The topological polar surface area (TPSA) is 66.4 Å². The number of amides is 1.